The third-order valence-corrected chi connectivity index (χ3v) is 6.44. The van der Waals surface area contributed by atoms with Crippen LogP contribution >= 0.6 is 27.7 Å². The largest absolute Gasteiger partial charge is 0.352 e. The smallest absolute Gasteiger partial charge is 0.234 e. The summed E-state index contributed by atoms with van der Waals surface area (Å²) in [6, 6.07) is 9.59. The fourth-order valence-electron chi connectivity index (χ4n) is 3.62. The first-order chi connectivity index (χ1) is 13.2. The van der Waals surface area contributed by atoms with Gasteiger partial charge in [-0.15, -0.1) is 0 Å². The number of nitriles is 1. The second-order valence-electron chi connectivity index (χ2n) is 7.88. The summed E-state index contributed by atoms with van der Waals surface area (Å²) in [6.45, 7) is 6.04. The summed E-state index contributed by atoms with van der Waals surface area (Å²) in [5, 5.41) is 16.5. The predicted molar refractivity (Wildman–Crippen MR) is 115 cm³/mol. The van der Waals surface area contributed by atoms with Crippen LogP contribution in [0.2, 0.25) is 0 Å². The summed E-state index contributed by atoms with van der Waals surface area (Å²) in [5.74, 6) is -0.111. The summed E-state index contributed by atoms with van der Waals surface area (Å²) in [7, 11) is 0. The van der Waals surface area contributed by atoms with E-state index in [1.54, 1.807) is 0 Å². The summed E-state index contributed by atoms with van der Waals surface area (Å²) in [5.41, 5.74) is 2.75. The number of nitrogens with one attached hydrogen (secondary N) is 2. The van der Waals surface area contributed by atoms with Gasteiger partial charge < -0.3 is 10.6 Å². The number of amides is 1. The van der Waals surface area contributed by atoms with E-state index in [1.807, 2.05) is 31.2 Å². The van der Waals surface area contributed by atoms with Crippen molar-refractivity contribution in [3.63, 3.8) is 0 Å². The van der Waals surface area contributed by atoms with Crippen LogP contribution in [0.25, 0.3) is 0 Å². The fraction of sp³-hybridized carbons (Fsp3) is 0.381. The van der Waals surface area contributed by atoms with E-state index in [1.165, 1.54) is 11.8 Å². The standard InChI is InChI=1S/C21H22BrN3O2S/c1-12-15(10-23)20(25-16-8-21(2,3)9-17(26)19(12)16)28-11-18(27)24-14-6-4-13(22)5-7-14/h4-7,12,25H,8-9,11H2,1-3H3,(H,24,27). The Balaban J connectivity index is 1.71. The second kappa shape index (κ2) is 8.14. The number of rotatable bonds is 4. The van der Waals surface area contributed by atoms with E-state index in [0.717, 1.165) is 27.9 Å². The number of hydrogen-bond acceptors (Lipinski definition) is 5. The molecule has 2 aliphatic rings. The molecule has 1 amide bonds. The quantitative estimate of drug-likeness (QED) is 0.679. The zero-order valence-corrected chi connectivity index (χ0v) is 18.5. The highest BCUT2D eigenvalue weighted by Gasteiger charge is 2.39. The number of thioether (sulfide) groups is 1. The normalized spacial score (nSPS) is 21.0. The highest BCUT2D eigenvalue weighted by molar-refractivity contribution is 9.10. The number of allylic oxidation sites excluding steroid dienone is 3. The zero-order valence-electron chi connectivity index (χ0n) is 16.1. The maximum absolute atomic E-state index is 12.6. The minimum atomic E-state index is -0.248. The lowest BCUT2D eigenvalue weighted by Crippen LogP contribution is -2.37. The van der Waals surface area contributed by atoms with Crippen LogP contribution in [-0.4, -0.2) is 17.4 Å². The number of benzene rings is 1. The van der Waals surface area contributed by atoms with E-state index in [-0.39, 0.29) is 28.8 Å². The molecule has 3 rings (SSSR count). The van der Waals surface area contributed by atoms with Crippen molar-refractivity contribution in [1.82, 2.24) is 5.32 Å². The number of carbonyl (C=O) groups is 2. The van der Waals surface area contributed by atoms with Gasteiger partial charge in [-0.25, -0.2) is 0 Å². The van der Waals surface area contributed by atoms with Gasteiger partial charge in [0.05, 0.1) is 22.4 Å². The van der Waals surface area contributed by atoms with Crippen molar-refractivity contribution in [1.29, 1.82) is 5.26 Å². The minimum Gasteiger partial charge on any atom is -0.352 e. The van der Waals surface area contributed by atoms with Gasteiger partial charge in [-0.05, 0) is 36.1 Å². The molecule has 0 bridgehead atoms. The van der Waals surface area contributed by atoms with Crippen LogP contribution in [0.4, 0.5) is 5.69 Å². The number of anilines is 1. The number of carbonyl (C=O) groups excluding carboxylic acids is 2. The van der Waals surface area contributed by atoms with Gasteiger partial charge in [0.1, 0.15) is 0 Å². The average molecular weight is 460 g/mol. The molecule has 1 atom stereocenters. The Kier molecular flexibility index (Phi) is 6.01. The lowest BCUT2D eigenvalue weighted by molar-refractivity contribution is -0.118. The van der Waals surface area contributed by atoms with Crippen molar-refractivity contribution in [2.45, 2.75) is 33.6 Å². The Morgan fingerprint density at radius 3 is 2.68 bits per heavy atom. The maximum atomic E-state index is 12.6. The first kappa shape index (κ1) is 20.7. The van der Waals surface area contributed by atoms with E-state index >= 15 is 0 Å². The Morgan fingerprint density at radius 1 is 1.36 bits per heavy atom. The van der Waals surface area contributed by atoms with Crippen LogP contribution in [0.15, 0.2) is 50.6 Å². The minimum absolute atomic E-state index is 0.107. The zero-order chi connectivity index (χ0) is 20.5. The predicted octanol–water partition coefficient (Wildman–Crippen LogP) is 4.74. The Hall–Kier alpha value is -2.04. The highest BCUT2D eigenvalue weighted by atomic mass is 79.9. The van der Waals surface area contributed by atoms with Gasteiger partial charge in [-0.3, -0.25) is 9.59 Å². The molecule has 0 radical (unpaired) electrons. The topological polar surface area (TPSA) is 82.0 Å². The van der Waals surface area contributed by atoms with Gasteiger partial charge in [-0.1, -0.05) is 48.5 Å². The van der Waals surface area contributed by atoms with Crippen LogP contribution in [0.3, 0.4) is 0 Å². The van der Waals surface area contributed by atoms with Crippen molar-refractivity contribution in [2.24, 2.45) is 11.3 Å². The molecule has 0 saturated heterocycles. The van der Waals surface area contributed by atoms with Crippen LogP contribution < -0.4 is 10.6 Å². The molecule has 1 unspecified atom stereocenters. The third kappa shape index (κ3) is 4.50. The van der Waals surface area contributed by atoms with Crippen LogP contribution in [0.5, 0.6) is 0 Å². The number of dihydropyridines is 1. The summed E-state index contributed by atoms with van der Waals surface area (Å²) >= 11 is 4.67. The molecular formula is C21H22BrN3O2S. The van der Waals surface area contributed by atoms with Crippen molar-refractivity contribution >= 4 is 45.1 Å². The van der Waals surface area contributed by atoms with Crippen molar-refractivity contribution < 1.29 is 9.59 Å². The Morgan fingerprint density at radius 2 is 2.04 bits per heavy atom. The molecule has 0 fully saturated rings. The van der Waals surface area contributed by atoms with E-state index in [0.29, 0.717) is 17.0 Å². The SMILES string of the molecule is CC1C(C#N)=C(SCC(=O)Nc2ccc(Br)cc2)NC2=C1C(=O)CC(C)(C)C2. The highest BCUT2D eigenvalue weighted by Crippen LogP contribution is 2.43. The van der Waals surface area contributed by atoms with E-state index in [9.17, 15) is 14.9 Å². The van der Waals surface area contributed by atoms with E-state index in [4.69, 9.17) is 0 Å². The molecule has 0 spiro atoms. The first-order valence-electron chi connectivity index (χ1n) is 9.06. The number of Topliss-reactive ketones (excluding diaryl/α,β-unsaturated/α-hetero) is 1. The van der Waals surface area contributed by atoms with Crippen LogP contribution in [-0.2, 0) is 9.59 Å². The van der Waals surface area contributed by atoms with Gasteiger partial charge in [0.15, 0.2) is 5.78 Å². The Labute approximate surface area is 177 Å². The van der Waals surface area contributed by atoms with Gasteiger partial charge in [0.25, 0.3) is 0 Å². The average Bonchev–Trinajstić information content (AvgIpc) is 2.60. The number of nitrogens with zero attached hydrogens (tertiary/aromatic N) is 1. The van der Waals surface area contributed by atoms with Crippen molar-refractivity contribution in [2.75, 3.05) is 11.1 Å². The molecule has 0 saturated carbocycles. The molecule has 1 aliphatic heterocycles. The lowest BCUT2D eigenvalue weighted by atomic mass is 9.71. The monoisotopic (exact) mass is 459 g/mol. The van der Waals surface area contributed by atoms with E-state index in [2.05, 4.69) is 46.5 Å². The van der Waals surface area contributed by atoms with Crippen LogP contribution in [0, 0.1) is 22.7 Å². The van der Waals surface area contributed by atoms with E-state index < -0.39 is 0 Å². The van der Waals surface area contributed by atoms with Gasteiger partial charge in [0, 0.05) is 33.8 Å². The van der Waals surface area contributed by atoms with Crippen LogP contribution in [0.1, 0.15) is 33.6 Å². The molecule has 5 nitrogen and oxygen atoms in total. The summed E-state index contributed by atoms with van der Waals surface area (Å²) in [6.07, 6.45) is 1.25. The van der Waals surface area contributed by atoms with Gasteiger partial charge in [0.2, 0.25) is 5.91 Å². The van der Waals surface area contributed by atoms with Gasteiger partial charge >= 0.3 is 0 Å². The molecule has 0 aromatic heterocycles. The van der Waals surface area contributed by atoms with Gasteiger partial charge in [-0.2, -0.15) is 5.26 Å². The maximum Gasteiger partial charge on any atom is 0.234 e. The second-order valence-corrected chi connectivity index (χ2v) is 9.78. The molecule has 2 N–H and O–H groups in total. The number of ketones is 1. The number of halogens is 1. The Bertz CT molecular complexity index is 926. The summed E-state index contributed by atoms with van der Waals surface area (Å²) < 4.78 is 0.943. The fourth-order valence-corrected chi connectivity index (χ4v) is 4.81. The summed E-state index contributed by atoms with van der Waals surface area (Å²) in [4.78, 5) is 24.9. The molecule has 1 heterocycles. The van der Waals surface area contributed by atoms with Crippen molar-refractivity contribution in [3.05, 3.63) is 50.6 Å². The lowest BCUT2D eigenvalue weighted by Gasteiger charge is -2.37. The molecule has 146 valence electrons. The molecule has 7 heteroatoms. The third-order valence-electron chi connectivity index (χ3n) is 4.89. The number of hydrogen-bond donors (Lipinski definition) is 2. The molecule has 1 aliphatic carbocycles. The molecule has 1 aromatic carbocycles. The first-order valence-corrected chi connectivity index (χ1v) is 10.8. The molecular weight excluding hydrogens is 438 g/mol. The molecule has 28 heavy (non-hydrogen) atoms. The molecule has 1 aromatic rings. The van der Waals surface area contributed by atoms with Crippen molar-refractivity contribution in [3.8, 4) is 6.07 Å².